The number of hydrogen-bond donors (Lipinski definition) is 6. The van der Waals surface area contributed by atoms with Crippen LogP contribution in [0.1, 0.15) is 97.8 Å². The predicted octanol–water partition coefficient (Wildman–Crippen LogP) is 6.84. The van der Waals surface area contributed by atoms with Crippen LogP contribution in [0.4, 0.5) is 0 Å². The summed E-state index contributed by atoms with van der Waals surface area (Å²) in [6.07, 6.45) is 9.91. The van der Waals surface area contributed by atoms with E-state index in [0.717, 1.165) is 11.1 Å². The summed E-state index contributed by atoms with van der Waals surface area (Å²) in [5.74, 6) is -4.21. The van der Waals surface area contributed by atoms with Crippen molar-refractivity contribution in [3.8, 4) is 23.3 Å². The largest absolute Gasteiger partial charge is 0.536 e. The van der Waals surface area contributed by atoms with E-state index < -0.39 is 81.1 Å². The summed E-state index contributed by atoms with van der Waals surface area (Å²) in [5, 5.41) is 13.8. The number of ether oxygens (including phenoxy) is 4. The van der Waals surface area contributed by atoms with Crippen LogP contribution in [0.2, 0.25) is 0 Å². The van der Waals surface area contributed by atoms with E-state index in [2.05, 4.69) is 20.0 Å². The highest BCUT2D eigenvalue weighted by atomic mass is 31.3. The lowest BCUT2D eigenvalue weighted by molar-refractivity contribution is -0.181. The van der Waals surface area contributed by atoms with Crippen LogP contribution in [-0.4, -0.2) is 60.8 Å². The summed E-state index contributed by atoms with van der Waals surface area (Å²) in [7, 11) is -16.5. The van der Waals surface area contributed by atoms with Crippen LogP contribution in [0, 0.1) is 29.1 Å². The number of carbonyl (C=O) groups is 2. The maximum atomic E-state index is 15.3. The van der Waals surface area contributed by atoms with Crippen LogP contribution in [0.3, 0.4) is 0 Å². The third-order valence-corrected chi connectivity index (χ3v) is 16.4. The molecule has 4 fully saturated rings. The van der Waals surface area contributed by atoms with Crippen LogP contribution < -0.4 is 25.0 Å². The van der Waals surface area contributed by atoms with E-state index in [1.807, 2.05) is 60.6 Å². The molecule has 1 saturated heterocycles. The molecule has 0 amide bonds. The zero-order chi connectivity index (χ0) is 47.3. The van der Waals surface area contributed by atoms with Gasteiger partial charge >= 0.3 is 29.4 Å². The monoisotopic (exact) mass is 947 g/mol. The fourth-order valence-electron chi connectivity index (χ4n) is 10.2. The van der Waals surface area contributed by atoms with Crippen LogP contribution in [0.15, 0.2) is 58.0 Å². The number of phosphoric ester groups is 1. The van der Waals surface area contributed by atoms with Gasteiger partial charge in [0.25, 0.3) is 0 Å². The Kier molecular flexibility index (Phi) is 11.9. The number of nitrogens with zero attached hydrogens (tertiary/aromatic N) is 1. The van der Waals surface area contributed by atoms with Gasteiger partial charge in [-0.1, -0.05) is 29.4 Å². The minimum absolute atomic E-state index is 0.0223. The SMILES string of the molecule is COC(=O)/C(C)=C\CC12OC(C)(C)C3CC(C1=O)C1C(C#N)=C(N)NC4=C1C32Oc1c(CC=C(C)C)c2c(c(OP(=O)(O)OP(=O)(O)OP(=O)(O)O)c14)C=CC(C)(CCC=C(C)C)O2. The normalized spacial score (nSPS) is 30.0. The molecule has 4 bridgehead atoms. The fraction of sp³-hybridized carbons (Fsp3) is 0.500. The van der Waals surface area contributed by atoms with Crippen molar-refractivity contribution in [3.05, 3.63) is 74.7 Å². The molecule has 64 heavy (non-hydrogen) atoms. The summed E-state index contributed by atoms with van der Waals surface area (Å²) in [4.78, 5) is 68.1. The molecule has 7 N–H and O–H groups in total. The number of dihydropyridines is 1. The number of fused-ring (bicyclic) bond motifs is 3. The van der Waals surface area contributed by atoms with E-state index in [-0.39, 0.29) is 64.6 Å². The van der Waals surface area contributed by atoms with Crippen molar-refractivity contribution in [2.45, 2.75) is 110 Å². The second kappa shape index (κ2) is 15.9. The number of benzene rings is 1. The Hall–Kier alpha value is -4.30. The molecule has 1 aromatic rings. The van der Waals surface area contributed by atoms with Crippen molar-refractivity contribution in [1.82, 2.24) is 5.32 Å². The van der Waals surface area contributed by atoms with E-state index in [1.165, 1.54) is 14.0 Å². The lowest BCUT2D eigenvalue weighted by Crippen LogP contribution is -2.75. The number of esters is 1. The van der Waals surface area contributed by atoms with E-state index >= 15 is 4.79 Å². The van der Waals surface area contributed by atoms with Gasteiger partial charge in [-0.25, -0.2) is 18.5 Å². The minimum Gasteiger partial charge on any atom is -0.482 e. The summed E-state index contributed by atoms with van der Waals surface area (Å²) in [6, 6.07) is 2.17. The highest BCUT2D eigenvalue weighted by Gasteiger charge is 2.84. The summed E-state index contributed by atoms with van der Waals surface area (Å²) >= 11 is 0. The van der Waals surface area contributed by atoms with Gasteiger partial charge in [0, 0.05) is 40.9 Å². The zero-order valence-electron chi connectivity index (χ0n) is 36.7. The van der Waals surface area contributed by atoms with Crippen molar-refractivity contribution in [2.75, 3.05) is 7.11 Å². The molecule has 3 saturated carbocycles. The Balaban J connectivity index is 1.59. The van der Waals surface area contributed by atoms with Crippen LogP contribution in [-0.2, 0) is 47.8 Å². The fourth-order valence-corrected chi connectivity index (χ4v) is 13.2. The number of nitriles is 1. The molecular formula is C42H52N3O16P3. The molecule has 19 nitrogen and oxygen atoms in total. The lowest BCUT2D eigenvalue weighted by atomic mass is 9.45. The summed E-state index contributed by atoms with van der Waals surface area (Å²) in [6.45, 7) is 14.7. The van der Waals surface area contributed by atoms with Gasteiger partial charge in [-0.3, -0.25) is 9.69 Å². The highest BCUT2D eigenvalue weighted by molar-refractivity contribution is 7.66. The number of phosphoric acid groups is 3. The lowest BCUT2D eigenvalue weighted by Gasteiger charge is -2.62. The zero-order valence-corrected chi connectivity index (χ0v) is 39.4. The number of nitrogens with one attached hydrogen (secondary N) is 1. The van der Waals surface area contributed by atoms with Crippen molar-refractivity contribution < 1.29 is 75.0 Å². The van der Waals surface area contributed by atoms with E-state index in [4.69, 9.17) is 29.2 Å². The number of methoxy groups -OCH3 is 1. The van der Waals surface area contributed by atoms with Gasteiger partial charge in [0.15, 0.2) is 22.7 Å². The second-order valence-electron chi connectivity index (χ2n) is 18.0. The number of hydrogen-bond acceptors (Lipinski definition) is 15. The molecule has 1 spiro atoms. The smallest absolute Gasteiger partial charge is 0.482 e. The van der Waals surface area contributed by atoms with Crippen LogP contribution in [0.25, 0.3) is 11.8 Å². The standard InChI is InChI=1S/C42H52N3O16P3/c1-21(2)11-10-16-40(8)17-15-25-33(56-40)24(13-12-22(3)4)34-30(35(25)58-63(51,52)61-64(53,54)60-62(48,49)50)32-31-29(27(20-43)37(44)45-32)26-19-28-39(6,7)59-41(36(26)46,42(28,31)57-34)18-14-23(5)38(47)55-9/h11-12,14-15,17,26,28-29,45H,10,13,16,18-19,44H2,1-9H3,(H,51,52)(H,53,54)(H2,48,49,50)/b23-14-. The van der Waals surface area contributed by atoms with Gasteiger partial charge in [0.05, 0.1) is 41.2 Å². The molecule has 0 aromatic heterocycles. The predicted molar refractivity (Wildman–Crippen MR) is 229 cm³/mol. The van der Waals surface area contributed by atoms with E-state index in [9.17, 15) is 43.3 Å². The van der Waals surface area contributed by atoms with Crippen LogP contribution >= 0.6 is 23.5 Å². The minimum atomic E-state index is -6.02. The first-order chi connectivity index (χ1) is 29.6. The number of ketones is 1. The van der Waals surface area contributed by atoms with E-state index in [0.29, 0.717) is 24.0 Å². The van der Waals surface area contributed by atoms with Gasteiger partial charge in [0.1, 0.15) is 22.9 Å². The van der Waals surface area contributed by atoms with Gasteiger partial charge in [-0.05, 0) is 93.2 Å². The molecule has 0 radical (unpaired) electrons. The molecule has 3 aliphatic carbocycles. The van der Waals surface area contributed by atoms with Crippen molar-refractivity contribution >= 4 is 47.0 Å². The third kappa shape index (κ3) is 7.85. The van der Waals surface area contributed by atoms with Crippen molar-refractivity contribution in [3.63, 3.8) is 0 Å². The molecule has 4 heterocycles. The number of rotatable bonds is 14. The molecule has 8 atom stereocenters. The number of allylic oxidation sites excluding steroid dienone is 5. The topological polar surface area (TPSA) is 293 Å². The highest BCUT2D eigenvalue weighted by Crippen LogP contribution is 2.74. The first kappa shape index (κ1) is 47.7. The van der Waals surface area contributed by atoms with Gasteiger partial charge in [0.2, 0.25) is 0 Å². The molecule has 22 heteroatoms. The van der Waals surface area contributed by atoms with Crippen LogP contribution in [0.5, 0.6) is 17.2 Å². The van der Waals surface area contributed by atoms with Crippen molar-refractivity contribution in [2.24, 2.45) is 23.5 Å². The van der Waals surface area contributed by atoms with Gasteiger partial charge in [-0.2, -0.15) is 13.9 Å². The maximum absolute atomic E-state index is 15.3. The van der Waals surface area contributed by atoms with E-state index in [1.54, 1.807) is 18.2 Å². The molecule has 8 unspecified atom stereocenters. The average Bonchev–Trinajstić information content (AvgIpc) is 3.30. The quantitative estimate of drug-likeness (QED) is 0.0481. The Morgan fingerprint density at radius 2 is 1.67 bits per heavy atom. The summed E-state index contributed by atoms with van der Waals surface area (Å²) in [5.41, 5.74) is 3.85. The maximum Gasteiger partial charge on any atom is 0.536 e. The molecule has 346 valence electrons. The average molecular weight is 948 g/mol. The second-order valence-corrected chi connectivity index (χ2v) is 22.4. The first-order valence-corrected chi connectivity index (χ1v) is 24.9. The molecule has 8 rings (SSSR count). The first-order valence-electron chi connectivity index (χ1n) is 20.4. The molecule has 1 aromatic carbocycles. The van der Waals surface area contributed by atoms with Gasteiger partial charge in [-0.15, -0.1) is 0 Å². The van der Waals surface area contributed by atoms with Gasteiger partial charge < -0.3 is 49.2 Å². The molecule has 4 aliphatic heterocycles. The number of Topliss-reactive ketones (excluding diaryl/α,β-unsaturated/α-hetero) is 1. The molecular weight excluding hydrogens is 895 g/mol. The van der Waals surface area contributed by atoms with Crippen molar-refractivity contribution in [1.29, 1.82) is 5.26 Å². The Labute approximate surface area is 370 Å². The summed E-state index contributed by atoms with van der Waals surface area (Å²) < 4.78 is 78.6. The third-order valence-electron chi connectivity index (χ3n) is 12.6. The Morgan fingerprint density at radius 1 is 1.00 bits per heavy atom. The Bertz CT molecular complexity index is 2640. The molecule has 7 aliphatic rings. The number of carbonyl (C=O) groups excluding carboxylic acids is 2. The Morgan fingerprint density at radius 3 is 2.28 bits per heavy atom. The number of nitrogens with two attached hydrogens (primary N) is 1.